The number of para-hydroxylation sites is 1. The summed E-state index contributed by atoms with van der Waals surface area (Å²) in [7, 11) is 0. The Kier molecular flexibility index (Phi) is 7.37. The van der Waals surface area contributed by atoms with Crippen LogP contribution in [0.15, 0.2) is 53.4 Å². The van der Waals surface area contributed by atoms with Crippen molar-refractivity contribution in [1.29, 1.82) is 0 Å². The highest BCUT2D eigenvalue weighted by atomic mass is 32.2. The van der Waals surface area contributed by atoms with Crippen LogP contribution in [0.4, 0.5) is 10.1 Å². The number of aliphatic carboxylic acids is 1. The van der Waals surface area contributed by atoms with Crippen LogP contribution in [0.25, 0.3) is 6.08 Å². The van der Waals surface area contributed by atoms with Gasteiger partial charge >= 0.3 is 5.97 Å². The van der Waals surface area contributed by atoms with E-state index >= 15 is 0 Å². The fourth-order valence-corrected chi connectivity index (χ4v) is 3.95. The Labute approximate surface area is 186 Å². The quantitative estimate of drug-likeness (QED) is 0.460. The number of hydrogen-bond acceptors (Lipinski definition) is 6. The summed E-state index contributed by atoms with van der Waals surface area (Å²) >= 11 is 6.25. The smallest absolute Gasteiger partial charge is 0.305 e. The van der Waals surface area contributed by atoms with Gasteiger partial charge in [-0.15, -0.1) is 0 Å². The Bertz CT molecular complexity index is 1060. The first kappa shape index (κ1) is 22.4. The average Bonchev–Trinajstić information content (AvgIpc) is 3.00. The molecule has 1 heterocycles. The zero-order valence-corrected chi connectivity index (χ0v) is 17.7. The molecule has 0 aliphatic carbocycles. The van der Waals surface area contributed by atoms with Gasteiger partial charge in [0.1, 0.15) is 15.9 Å². The van der Waals surface area contributed by atoms with Crippen molar-refractivity contribution >= 4 is 57.8 Å². The number of hydrogen-bond donors (Lipinski definition) is 2. The van der Waals surface area contributed by atoms with E-state index < -0.39 is 17.7 Å². The van der Waals surface area contributed by atoms with Gasteiger partial charge in [0.05, 0.1) is 11.3 Å². The molecular formula is C21H17FN2O5S2. The van der Waals surface area contributed by atoms with Gasteiger partial charge < -0.3 is 15.2 Å². The molecule has 10 heteroatoms. The molecule has 160 valence electrons. The maximum absolute atomic E-state index is 13.0. The van der Waals surface area contributed by atoms with Crippen LogP contribution in [-0.2, 0) is 14.4 Å². The van der Waals surface area contributed by atoms with E-state index in [2.05, 4.69) is 5.32 Å². The number of carboxylic acid groups (broad SMARTS) is 1. The number of carbonyl (C=O) groups excluding carboxylic acids is 2. The summed E-state index contributed by atoms with van der Waals surface area (Å²) < 4.78 is 18.8. The molecule has 1 saturated heterocycles. The van der Waals surface area contributed by atoms with Gasteiger partial charge in [-0.1, -0.05) is 42.2 Å². The van der Waals surface area contributed by atoms with E-state index in [-0.39, 0.29) is 29.8 Å². The summed E-state index contributed by atoms with van der Waals surface area (Å²) in [6, 6.07) is 12.2. The summed E-state index contributed by atoms with van der Waals surface area (Å²) in [6.45, 7) is -0.291. The van der Waals surface area contributed by atoms with Gasteiger partial charge in [0.2, 0.25) is 0 Å². The van der Waals surface area contributed by atoms with Crippen LogP contribution >= 0.6 is 24.0 Å². The van der Waals surface area contributed by atoms with E-state index in [1.807, 2.05) is 0 Å². The van der Waals surface area contributed by atoms with Gasteiger partial charge in [-0.3, -0.25) is 19.3 Å². The van der Waals surface area contributed by atoms with Gasteiger partial charge in [0.25, 0.3) is 11.8 Å². The highest BCUT2D eigenvalue weighted by molar-refractivity contribution is 8.26. The molecule has 1 aliphatic heterocycles. The number of rotatable bonds is 8. The SMILES string of the molecule is O=C(O)CCN1C(=O)/C(=C/c2ccccc2OCC(=O)Nc2ccc(F)cc2)SC1=S. The molecule has 1 fully saturated rings. The number of benzene rings is 2. The number of amides is 2. The fourth-order valence-electron chi connectivity index (χ4n) is 2.65. The van der Waals surface area contributed by atoms with Crippen LogP contribution in [-0.4, -0.2) is 45.3 Å². The van der Waals surface area contributed by atoms with Crippen LogP contribution < -0.4 is 10.1 Å². The number of carbonyl (C=O) groups is 3. The summed E-state index contributed by atoms with van der Waals surface area (Å²) in [6.07, 6.45) is 1.38. The number of thiocarbonyl (C=S) groups is 1. The summed E-state index contributed by atoms with van der Waals surface area (Å²) in [5.41, 5.74) is 1.00. The van der Waals surface area contributed by atoms with Gasteiger partial charge in [-0.25, -0.2) is 4.39 Å². The van der Waals surface area contributed by atoms with Crippen LogP contribution in [0.3, 0.4) is 0 Å². The van der Waals surface area contributed by atoms with Crippen molar-refractivity contribution < 1.29 is 28.6 Å². The second-order valence-electron chi connectivity index (χ2n) is 6.36. The number of ether oxygens (including phenoxy) is 1. The third-order valence-electron chi connectivity index (χ3n) is 4.12. The third kappa shape index (κ3) is 6.12. The van der Waals surface area contributed by atoms with E-state index in [0.717, 1.165) is 11.8 Å². The molecule has 2 aromatic rings. The Balaban J connectivity index is 1.67. The first-order chi connectivity index (χ1) is 14.8. The number of halogens is 1. The minimum absolute atomic E-state index is 0.000949. The first-order valence-electron chi connectivity index (χ1n) is 9.08. The molecule has 0 radical (unpaired) electrons. The normalized spacial score (nSPS) is 14.7. The zero-order chi connectivity index (χ0) is 22.4. The minimum atomic E-state index is -1.02. The predicted octanol–water partition coefficient (Wildman–Crippen LogP) is 3.52. The molecule has 0 saturated carbocycles. The third-order valence-corrected chi connectivity index (χ3v) is 5.49. The zero-order valence-electron chi connectivity index (χ0n) is 16.0. The van der Waals surface area contributed by atoms with E-state index in [1.165, 1.54) is 29.2 Å². The summed E-state index contributed by atoms with van der Waals surface area (Å²) in [4.78, 5) is 37.0. The maximum atomic E-state index is 13.0. The minimum Gasteiger partial charge on any atom is -0.483 e. The maximum Gasteiger partial charge on any atom is 0.305 e. The molecule has 2 amide bonds. The summed E-state index contributed by atoms with van der Waals surface area (Å²) in [5, 5.41) is 11.4. The molecule has 31 heavy (non-hydrogen) atoms. The average molecular weight is 461 g/mol. The lowest BCUT2D eigenvalue weighted by molar-refractivity contribution is -0.137. The molecule has 0 aromatic heterocycles. The van der Waals surface area contributed by atoms with Crippen LogP contribution in [0, 0.1) is 5.82 Å². The second-order valence-corrected chi connectivity index (χ2v) is 8.03. The Morgan fingerprint density at radius 2 is 1.90 bits per heavy atom. The standard InChI is InChI=1S/C21H17FN2O5S2/c22-14-5-7-15(8-6-14)23-18(25)12-29-16-4-2-1-3-13(16)11-17-20(28)24(21(30)31-17)10-9-19(26)27/h1-8,11H,9-10,12H2,(H,23,25)(H,26,27)/b17-11-. The van der Waals surface area contributed by atoms with Crippen molar-refractivity contribution in [2.24, 2.45) is 0 Å². The predicted molar refractivity (Wildman–Crippen MR) is 119 cm³/mol. The number of thioether (sulfide) groups is 1. The molecule has 0 bridgehead atoms. The summed E-state index contributed by atoms with van der Waals surface area (Å²) in [5.74, 6) is -1.85. The number of nitrogens with one attached hydrogen (secondary N) is 1. The molecule has 3 rings (SSSR count). The number of carboxylic acids is 1. The molecule has 0 spiro atoms. The van der Waals surface area contributed by atoms with Crippen LogP contribution in [0.1, 0.15) is 12.0 Å². The second kappa shape index (κ2) is 10.2. The van der Waals surface area contributed by atoms with Crippen molar-refractivity contribution in [2.45, 2.75) is 6.42 Å². The van der Waals surface area contributed by atoms with Crippen molar-refractivity contribution in [3.8, 4) is 5.75 Å². The van der Waals surface area contributed by atoms with E-state index in [0.29, 0.717) is 21.9 Å². The highest BCUT2D eigenvalue weighted by Crippen LogP contribution is 2.34. The van der Waals surface area contributed by atoms with Crippen molar-refractivity contribution in [2.75, 3.05) is 18.5 Å². The lowest BCUT2D eigenvalue weighted by atomic mass is 10.2. The molecule has 1 aliphatic rings. The lowest BCUT2D eigenvalue weighted by Gasteiger charge is -2.12. The molecule has 2 N–H and O–H groups in total. The molecule has 0 unspecified atom stereocenters. The van der Waals surface area contributed by atoms with Crippen molar-refractivity contribution in [3.05, 3.63) is 64.8 Å². The largest absolute Gasteiger partial charge is 0.483 e. The van der Waals surface area contributed by atoms with Gasteiger partial charge in [0.15, 0.2) is 6.61 Å². The van der Waals surface area contributed by atoms with Crippen molar-refractivity contribution in [1.82, 2.24) is 4.90 Å². The van der Waals surface area contributed by atoms with E-state index in [4.69, 9.17) is 22.1 Å². The number of anilines is 1. The van der Waals surface area contributed by atoms with Gasteiger partial charge in [-0.2, -0.15) is 0 Å². The highest BCUT2D eigenvalue weighted by Gasteiger charge is 2.32. The Hall–Kier alpha value is -3.24. The van der Waals surface area contributed by atoms with E-state index in [1.54, 1.807) is 30.3 Å². The molecule has 2 aromatic carbocycles. The van der Waals surface area contributed by atoms with Crippen molar-refractivity contribution in [3.63, 3.8) is 0 Å². The topological polar surface area (TPSA) is 95.9 Å². The first-order valence-corrected chi connectivity index (χ1v) is 10.3. The molecule has 7 nitrogen and oxygen atoms in total. The Morgan fingerprint density at radius 1 is 1.19 bits per heavy atom. The van der Waals surface area contributed by atoms with E-state index in [9.17, 15) is 18.8 Å². The monoisotopic (exact) mass is 460 g/mol. The lowest BCUT2D eigenvalue weighted by Crippen LogP contribution is -2.30. The van der Waals surface area contributed by atoms with Gasteiger partial charge in [0, 0.05) is 17.8 Å². The Morgan fingerprint density at radius 3 is 2.61 bits per heavy atom. The van der Waals surface area contributed by atoms with Gasteiger partial charge in [-0.05, 0) is 36.4 Å². The number of nitrogens with zero attached hydrogens (tertiary/aromatic N) is 1. The van der Waals surface area contributed by atoms with Crippen LogP contribution in [0.2, 0.25) is 0 Å². The molecular weight excluding hydrogens is 443 g/mol. The van der Waals surface area contributed by atoms with Crippen LogP contribution in [0.5, 0.6) is 5.75 Å². The fraction of sp³-hybridized carbons (Fsp3) is 0.143. The molecule has 0 atom stereocenters.